The summed E-state index contributed by atoms with van der Waals surface area (Å²) < 4.78 is 6.37. The van der Waals surface area contributed by atoms with Gasteiger partial charge in [0.25, 0.3) is 5.91 Å². The van der Waals surface area contributed by atoms with Crippen molar-refractivity contribution in [1.29, 1.82) is 0 Å². The number of primary amides is 1. The molecule has 2 aromatic heterocycles. The summed E-state index contributed by atoms with van der Waals surface area (Å²) in [5, 5.41) is 10.8. The van der Waals surface area contributed by atoms with Crippen molar-refractivity contribution in [2.75, 3.05) is 26.5 Å². The van der Waals surface area contributed by atoms with E-state index < -0.39 is 5.91 Å². The normalized spacial score (nSPS) is 11.8. The zero-order valence-electron chi connectivity index (χ0n) is 20.2. The predicted octanol–water partition coefficient (Wildman–Crippen LogP) is 2.43. The van der Waals surface area contributed by atoms with Gasteiger partial charge in [-0.3, -0.25) is 9.48 Å². The summed E-state index contributed by atoms with van der Waals surface area (Å²) in [5.74, 6) is 0.863. The monoisotopic (exact) mass is 470 g/mol. The Morgan fingerprint density at radius 1 is 1.18 bits per heavy atom. The molecular formula is C24H34N6O4. The largest absolute Gasteiger partial charge is 0.481 e. The van der Waals surface area contributed by atoms with Gasteiger partial charge in [0.1, 0.15) is 18.4 Å². The first-order chi connectivity index (χ1) is 16.4. The summed E-state index contributed by atoms with van der Waals surface area (Å²) in [7, 11) is 5.45. The minimum atomic E-state index is -0.587. The van der Waals surface area contributed by atoms with Gasteiger partial charge in [0.15, 0.2) is 5.69 Å². The Hall–Kier alpha value is -3.79. The molecule has 0 aliphatic heterocycles. The first kappa shape index (κ1) is 28.2. The Kier molecular flexibility index (Phi) is 13.2. The summed E-state index contributed by atoms with van der Waals surface area (Å²) in [4.78, 5) is 34.4. The van der Waals surface area contributed by atoms with Crippen molar-refractivity contribution in [3.05, 3.63) is 48.2 Å². The number of aromatic nitrogens is 3. The molecule has 4 rings (SSSR count). The van der Waals surface area contributed by atoms with Gasteiger partial charge in [-0.05, 0) is 38.9 Å². The third-order valence-electron chi connectivity index (χ3n) is 4.84. The number of nitrogens with two attached hydrogens (primary N) is 1. The Balaban J connectivity index is 0.000000261. The smallest absolute Gasteiger partial charge is 0.269 e. The third kappa shape index (κ3) is 8.99. The van der Waals surface area contributed by atoms with Crippen molar-refractivity contribution in [1.82, 2.24) is 20.1 Å². The van der Waals surface area contributed by atoms with E-state index in [2.05, 4.69) is 20.7 Å². The van der Waals surface area contributed by atoms with E-state index in [1.54, 1.807) is 31.4 Å². The summed E-state index contributed by atoms with van der Waals surface area (Å²) in [5.41, 5.74) is 6.12. The van der Waals surface area contributed by atoms with E-state index in [1.807, 2.05) is 32.3 Å². The van der Waals surface area contributed by atoms with Gasteiger partial charge in [-0.15, -0.1) is 0 Å². The standard InChI is InChI=1S/C10H9N3O2.C7H10N2O.C5H11N.C2H4O/c11-10(15)9-7-3-1-2-4-8(7)13(12-9)5-6-14;1-8-6-4-3-5-7(9-6)10-2;1-6-5-3-2-4-5;1-2-3/h1-4,6H,5H2,(H2,11,15);3-5H,1-2H3,(H,8,9);5-6H,2-4H2,1H3;2H,1H3. The van der Waals surface area contributed by atoms with E-state index in [-0.39, 0.29) is 12.2 Å². The minimum Gasteiger partial charge on any atom is -0.481 e. The number of fused-ring (bicyclic) bond motifs is 1. The molecule has 1 saturated carbocycles. The number of benzene rings is 1. The van der Waals surface area contributed by atoms with Crippen LogP contribution in [0.4, 0.5) is 5.82 Å². The predicted molar refractivity (Wildman–Crippen MR) is 133 cm³/mol. The van der Waals surface area contributed by atoms with Crippen LogP contribution in [-0.2, 0) is 16.1 Å². The molecule has 0 unspecified atom stereocenters. The Bertz CT molecular complexity index is 1010. The second-order valence-corrected chi connectivity index (χ2v) is 7.05. The van der Waals surface area contributed by atoms with Crippen molar-refractivity contribution in [3.63, 3.8) is 0 Å². The van der Waals surface area contributed by atoms with Crippen LogP contribution in [0.15, 0.2) is 42.5 Å². The summed E-state index contributed by atoms with van der Waals surface area (Å²) in [6.07, 6.45) is 5.71. The van der Waals surface area contributed by atoms with E-state index >= 15 is 0 Å². The maximum absolute atomic E-state index is 11.1. The van der Waals surface area contributed by atoms with Crippen molar-refractivity contribution in [2.45, 2.75) is 38.8 Å². The number of rotatable bonds is 6. The molecule has 1 aromatic carbocycles. The summed E-state index contributed by atoms with van der Waals surface area (Å²) in [6.45, 7) is 1.56. The number of carbonyl (C=O) groups is 3. The van der Waals surface area contributed by atoms with Gasteiger partial charge in [0.2, 0.25) is 5.88 Å². The zero-order valence-corrected chi connectivity index (χ0v) is 20.2. The number of carbonyl (C=O) groups excluding carboxylic acids is 3. The number of hydrogen-bond acceptors (Lipinski definition) is 8. The SMILES string of the molecule is CC=O.CNC1CCC1.CNc1cccc(OC)n1.NC(=O)c1nn(CC=O)c2ccccc12. The van der Waals surface area contributed by atoms with Gasteiger partial charge in [0, 0.05) is 24.5 Å². The fourth-order valence-corrected chi connectivity index (χ4v) is 2.88. The third-order valence-corrected chi connectivity index (χ3v) is 4.84. The Morgan fingerprint density at radius 2 is 1.85 bits per heavy atom. The highest BCUT2D eigenvalue weighted by atomic mass is 16.5. The molecule has 184 valence electrons. The number of aldehydes is 2. The van der Waals surface area contributed by atoms with Crippen LogP contribution in [0.2, 0.25) is 0 Å². The minimum absolute atomic E-state index is 0.119. The number of hydrogen-bond donors (Lipinski definition) is 3. The number of anilines is 1. The molecule has 0 atom stereocenters. The van der Waals surface area contributed by atoms with Gasteiger partial charge >= 0.3 is 0 Å². The average Bonchev–Trinajstić information content (AvgIpc) is 3.19. The lowest BCUT2D eigenvalue weighted by atomic mass is 9.94. The molecule has 4 N–H and O–H groups in total. The lowest BCUT2D eigenvalue weighted by molar-refractivity contribution is -0.108. The van der Waals surface area contributed by atoms with Crippen LogP contribution < -0.4 is 21.1 Å². The van der Waals surface area contributed by atoms with Gasteiger partial charge in [-0.1, -0.05) is 30.7 Å². The topological polar surface area (TPSA) is 141 Å². The molecule has 1 fully saturated rings. The molecule has 34 heavy (non-hydrogen) atoms. The van der Waals surface area contributed by atoms with Crippen molar-refractivity contribution in [3.8, 4) is 5.88 Å². The average molecular weight is 471 g/mol. The highest BCUT2D eigenvalue weighted by molar-refractivity contribution is 6.04. The Labute approximate surface area is 199 Å². The van der Waals surface area contributed by atoms with Crippen molar-refractivity contribution >= 4 is 35.2 Å². The van der Waals surface area contributed by atoms with Gasteiger partial charge in [-0.25, -0.2) is 0 Å². The fourth-order valence-electron chi connectivity index (χ4n) is 2.88. The molecule has 10 heteroatoms. The quantitative estimate of drug-likeness (QED) is 0.467. The van der Waals surface area contributed by atoms with Crippen LogP contribution in [0.25, 0.3) is 10.9 Å². The van der Waals surface area contributed by atoms with Crippen LogP contribution in [0.3, 0.4) is 0 Å². The molecule has 0 radical (unpaired) electrons. The highest BCUT2D eigenvalue weighted by Gasteiger charge is 2.14. The zero-order chi connectivity index (χ0) is 25.3. The van der Waals surface area contributed by atoms with Gasteiger partial charge < -0.3 is 30.7 Å². The lowest BCUT2D eigenvalue weighted by Crippen LogP contribution is -2.31. The van der Waals surface area contributed by atoms with E-state index in [1.165, 1.54) is 30.9 Å². The second-order valence-electron chi connectivity index (χ2n) is 7.05. The fraction of sp³-hybridized carbons (Fsp3) is 0.375. The van der Waals surface area contributed by atoms with Crippen LogP contribution in [0.5, 0.6) is 5.88 Å². The second kappa shape index (κ2) is 15.9. The molecule has 2 heterocycles. The number of methoxy groups -OCH3 is 1. The van der Waals surface area contributed by atoms with E-state index in [0.717, 1.165) is 29.9 Å². The van der Waals surface area contributed by atoms with Gasteiger partial charge in [-0.2, -0.15) is 10.1 Å². The molecule has 0 saturated heterocycles. The molecule has 1 aliphatic carbocycles. The number of ether oxygens (including phenoxy) is 1. The van der Waals surface area contributed by atoms with E-state index in [0.29, 0.717) is 11.3 Å². The Morgan fingerprint density at radius 3 is 2.32 bits per heavy atom. The molecule has 1 amide bonds. The van der Waals surface area contributed by atoms with Crippen molar-refractivity contribution < 1.29 is 19.1 Å². The first-order valence-electron chi connectivity index (χ1n) is 10.9. The van der Waals surface area contributed by atoms with Crippen LogP contribution >= 0.6 is 0 Å². The van der Waals surface area contributed by atoms with Crippen LogP contribution in [-0.4, -0.2) is 60.5 Å². The molecule has 0 bridgehead atoms. The lowest BCUT2D eigenvalue weighted by Gasteiger charge is -2.23. The van der Waals surface area contributed by atoms with E-state index in [9.17, 15) is 9.59 Å². The number of nitrogens with zero attached hydrogens (tertiary/aromatic N) is 3. The highest BCUT2D eigenvalue weighted by Crippen LogP contribution is 2.17. The molecular weight excluding hydrogens is 436 g/mol. The number of amides is 1. The molecule has 0 spiro atoms. The molecule has 1 aliphatic rings. The number of nitrogens with one attached hydrogen (secondary N) is 2. The molecule has 3 aromatic rings. The summed E-state index contributed by atoms with van der Waals surface area (Å²) >= 11 is 0. The maximum Gasteiger partial charge on any atom is 0.269 e. The number of pyridine rings is 1. The van der Waals surface area contributed by atoms with Crippen LogP contribution in [0, 0.1) is 0 Å². The summed E-state index contributed by atoms with van der Waals surface area (Å²) in [6, 6.07) is 13.6. The number of para-hydroxylation sites is 1. The molecule has 10 nitrogen and oxygen atoms in total. The van der Waals surface area contributed by atoms with Crippen LogP contribution in [0.1, 0.15) is 36.7 Å². The first-order valence-corrected chi connectivity index (χ1v) is 10.9. The van der Waals surface area contributed by atoms with E-state index in [4.69, 9.17) is 15.3 Å². The maximum atomic E-state index is 11.1. The van der Waals surface area contributed by atoms with Gasteiger partial charge in [0.05, 0.1) is 19.2 Å². The van der Waals surface area contributed by atoms with Crippen molar-refractivity contribution in [2.24, 2.45) is 5.73 Å².